The molecule has 1 rings (SSSR count). The van der Waals surface area contributed by atoms with Crippen molar-refractivity contribution in [3.05, 3.63) is 35.9 Å². The van der Waals surface area contributed by atoms with Crippen LogP contribution in [-0.4, -0.2) is 28.6 Å². The molecule has 0 aliphatic rings. The summed E-state index contributed by atoms with van der Waals surface area (Å²) in [5.41, 5.74) is 1.28. The molecule has 0 saturated carbocycles. The van der Waals surface area contributed by atoms with Gasteiger partial charge in [-0.25, -0.2) is 0 Å². The second-order valence-corrected chi connectivity index (χ2v) is 4.92. The molecule has 0 saturated heterocycles. The molecule has 0 fully saturated rings. The van der Waals surface area contributed by atoms with Crippen molar-refractivity contribution in [1.82, 2.24) is 4.90 Å². The van der Waals surface area contributed by atoms with Gasteiger partial charge in [0.25, 0.3) is 0 Å². The number of aliphatic carboxylic acids is 1. The first-order valence-electron chi connectivity index (χ1n) is 6.55. The minimum Gasteiger partial charge on any atom is -0.481 e. The molecule has 0 heterocycles. The first-order chi connectivity index (χ1) is 8.52. The van der Waals surface area contributed by atoms with Gasteiger partial charge in [-0.3, -0.25) is 9.69 Å². The standard InChI is InChI=1S/C15H23NO2/c1-12(2)16(11-7-10-15(17)18)13(3)14-8-5-4-6-9-14/h4-6,8-9,12-13H,7,10-11H2,1-3H3,(H,17,18). The van der Waals surface area contributed by atoms with Gasteiger partial charge < -0.3 is 5.11 Å². The maximum atomic E-state index is 10.6. The highest BCUT2D eigenvalue weighted by atomic mass is 16.4. The quantitative estimate of drug-likeness (QED) is 0.806. The molecule has 1 N–H and O–H groups in total. The van der Waals surface area contributed by atoms with E-state index >= 15 is 0 Å². The van der Waals surface area contributed by atoms with Crippen molar-refractivity contribution < 1.29 is 9.90 Å². The van der Waals surface area contributed by atoms with Crippen LogP contribution >= 0.6 is 0 Å². The first-order valence-corrected chi connectivity index (χ1v) is 6.55. The van der Waals surface area contributed by atoms with Gasteiger partial charge >= 0.3 is 5.97 Å². The van der Waals surface area contributed by atoms with Crippen LogP contribution in [0.15, 0.2) is 30.3 Å². The number of nitrogens with zero attached hydrogens (tertiary/aromatic N) is 1. The van der Waals surface area contributed by atoms with Crippen LogP contribution in [0.3, 0.4) is 0 Å². The Morgan fingerprint density at radius 3 is 2.33 bits per heavy atom. The fourth-order valence-corrected chi connectivity index (χ4v) is 2.23. The summed E-state index contributed by atoms with van der Waals surface area (Å²) in [5.74, 6) is -0.717. The zero-order valence-corrected chi connectivity index (χ0v) is 11.5. The molecular weight excluding hydrogens is 226 g/mol. The van der Waals surface area contributed by atoms with E-state index in [1.54, 1.807) is 0 Å². The van der Waals surface area contributed by atoms with Gasteiger partial charge in [-0.15, -0.1) is 0 Å². The summed E-state index contributed by atoms with van der Waals surface area (Å²) in [7, 11) is 0. The Labute approximate surface area is 109 Å². The molecular formula is C15H23NO2. The molecule has 100 valence electrons. The van der Waals surface area contributed by atoms with Gasteiger partial charge in [0.2, 0.25) is 0 Å². The molecule has 3 heteroatoms. The SMILES string of the molecule is CC(C)N(CCCC(=O)O)C(C)c1ccccc1. The lowest BCUT2D eigenvalue weighted by Gasteiger charge is -2.33. The van der Waals surface area contributed by atoms with Gasteiger partial charge in [0.15, 0.2) is 0 Å². The van der Waals surface area contributed by atoms with E-state index in [0.29, 0.717) is 18.5 Å². The van der Waals surface area contributed by atoms with Crippen LogP contribution < -0.4 is 0 Å². The highest BCUT2D eigenvalue weighted by Gasteiger charge is 2.18. The van der Waals surface area contributed by atoms with Crippen LogP contribution in [0.5, 0.6) is 0 Å². The Kier molecular flexibility index (Phi) is 5.86. The van der Waals surface area contributed by atoms with Crippen LogP contribution in [0.2, 0.25) is 0 Å². The Hall–Kier alpha value is -1.35. The van der Waals surface area contributed by atoms with E-state index in [2.05, 4.69) is 37.8 Å². The minimum absolute atomic E-state index is 0.241. The van der Waals surface area contributed by atoms with Crippen LogP contribution in [0.1, 0.15) is 45.2 Å². The molecule has 1 aromatic carbocycles. The van der Waals surface area contributed by atoms with Crippen LogP contribution in [0, 0.1) is 0 Å². The molecule has 0 radical (unpaired) electrons. The van der Waals surface area contributed by atoms with E-state index < -0.39 is 5.97 Å². The average Bonchev–Trinajstić information content (AvgIpc) is 2.34. The fraction of sp³-hybridized carbons (Fsp3) is 0.533. The number of rotatable bonds is 7. The van der Waals surface area contributed by atoms with Crippen LogP contribution in [-0.2, 0) is 4.79 Å². The lowest BCUT2D eigenvalue weighted by molar-refractivity contribution is -0.137. The number of carboxylic acid groups (broad SMARTS) is 1. The number of carbonyl (C=O) groups is 1. The molecule has 18 heavy (non-hydrogen) atoms. The third kappa shape index (κ3) is 4.49. The number of carboxylic acids is 1. The van der Waals surface area contributed by atoms with E-state index in [1.807, 2.05) is 18.2 Å². The second-order valence-electron chi connectivity index (χ2n) is 4.92. The Balaban J connectivity index is 2.64. The van der Waals surface area contributed by atoms with Crippen LogP contribution in [0.4, 0.5) is 0 Å². The van der Waals surface area contributed by atoms with Crippen molar-refractivity contribution in [3.63, 3.8) is 0 Å². The maximum absolute atomic E-state index is 10.6. The number of hydrogen-bond acceptors (Lipinski definition) is 2. The first kappa shape index (κ1) is 14.7. The van der Waals surface area contributed by atoms with E-state index in [9.17, 15) is 4.79 Å². The molecule has 0 aromatic heterocycles. The topological polar surface area (TPSA) is 40.5 Å². The van der Waals surface area contributed by atoms with Gasteiger partial charge in [-0.1, -0.05) is 30.3 Å². The van der Waals surface area contributed by atoms with Gasteiger partial charge in [0.05, 0.1) is 0 Å². The Morgan fingerprint density at radius 2 is 1.83 bits per heavy atom. The molecule has 0 spiro atoms. The van der Waals surface area contributed by atoms with Gasteiger partial charge in [-0.2, -0.15) is 0 Å². The molecule has 0 bridgehead atoms. The largest absolute Gasteiger partial charge is 0.481 e. The molecule has 1 atom stereocenters. The van der Waals surface area contributed by atoms with E-state index in [1.165, 1.54) is 5.56 Å². The third-order valence-electron chi connectivity index (χ3n) is 3.25. The lowest BCUT2D eigenvalue weighted by Crippen LogP contribution is -2.34. The monoisotopic (exact) mass is 249 g/mol. The van der Waals surface area contributed by atoms with E-state index in [-0.39, 0.29) is 6.42 Å². The van der Waals surface area contributed by atoms with Crippen LogP contribution in [0.25, 0.3) is 0 Å². The Bertz CT molecular complexity index is 362. The summed E-state index contributed by atoms with van der Waals surface area (Å²) in [4.78, 5) is 12.9. The van der Waals surface area contributed by atoms with E-state index in [4.69, 9.17) is 5.11 Å². The van der Waals surface area contributed by atoms with Gasteiger partial charge in [0.1, 0.15) is 0 Å². The van der Waals surface area contributed by atoms with Crippen molar-refractivity contribution in [2.75, 3.05) is 6.54 Å². The van der Waals surface area contributed by atoms with Crippen molar-refractivity contribution in [2.45, 2.75) is 45.7 Å². The normalized spacial score (nSPS) is 12.9. The summed E-state index contributed by atoms with van der Waals surface area (Å²) < 4.78 is 0. The van der Waals surface area contributed by atoms with Crippen molar-refractivity contribution >= 4 is 5.97 Å². The summed E-state index contributed by atoms with van der Waals surface area (Å²) in [6.07, 6.45) is 0.940. The molecule has 0 amide bonds. The van der Waals surface area contributed by atoms with Gasteiger partial charge in [0, 0.05) is 18.5 Å². The van der Waals surface area contributed by atoms with Crippen molar-refractivity contribution in [1.29, 1.82) is 0 Å². The average molecular weight is 249 g/mol. The van der Waals surface area contributed by atoms with Gasteiger partial charge in [-0.05, 0) is 39.3 Å². The maximum Gasteiger partial charge on any atom is 0.303 e. The fourth-order valence-electron chi connectivity index (χ4n) is 2.23. The highest BCUT2D eigenvalue weighted by Crippen LogP contribution is 2.22. The molecule has 3 nitrogen and oxygen atoms in total. The van der Waals surface area contributed by atoms with Crippen molar-refractivity contribution in [2.24, 2.45) is 0 Å². The highest BCUT2D eigenvalue weighted by molar-refractivity contribution is 5.66. The number of hydrogen-bond donors (Lipinski definition) is 1. The molecule has 0 aliphatic carbocycles. The molecule has 1 unspecified atom stereocenters. The zero-order valence-electron chi connectivity index (χ0n) is 11.5. The number of benzene rings is 1. The third-order valence-corrected chi connectivity index (χ3v) is 3.25. The Morgan fingerprint density at radius 1 is 1.22 bits per heavy atom. The lowest BCUT2D eigenvalue weighted by atomic mass is 10.0. The predicted molar refractivity (Wildman–Crippen MR) is 73.6 cm³/mol. The van der Waals surface area contributed by atoms with Crippen molar-refractivity contribution in [3.8, 4) is 0 Å². The summed E-state index contributed by atoms with van der Waals surface area (Å²) in [5, 5.41) is 8.70. The second kappa shape index (κ2) is 7.17. The summed E-state index contributed by atoms with van der Waals surface area (Å²) in [6.45, 7) is 7.30. The molecule has 0 aliphatic heterocycles. The smallest absolute Gasteiger partial charge is 0.303 e. The summed E-state index contributed by atoms with van der Waals surface area (Å²) >= 11 is 0. The minimum atomic E-state index is -0.717. The molecule has 1 aromatic rings. The zero-order chi connectivity index (χ0) is 13.5. The predicted octanol–water partition coefficient (Wildman–Crippen LogP) is 3.32. The summed E-state index contributed by atoms with van der Waals surface area (Å²) in [6, 6.07) is 11.1. The van der Waals surface area contributed by atoms with E-state index in [0.717, 1.165) is 6.54 Å².